The van der Waals surface area contributed by atoms with Crippen LogP contribution in [-0.4, -0.2) is 158 Å². The molecule has 40 heteroatoms. The van der Waals surface area contributed by atoms with Gasteiger partial charge in [-0.15, -0.1) is 33.4 Å². The van der Waals surface area contributed by atoms with Crippen LogP contribution in [0.3, 0.4) is 0 Å². The summed E-state index contributed by atoms with van der Waals surface area (Å²) in [6, 6.07) is 48.6. The van der Waals surface area contributed by atoms with Crippen molar-refractivity contribution in [1.82, 2.24) is 128 Å². The summed E-state index contributed by atoms with van der Waals surface area (Å²) in [6.45, 7) is 34.6. The minimum absolute atomic E-state index is 0. The number of hydrogen-bond acceptors (Lipinski definition) is 20. The summed E-state index contributed by atoms with van der Waals surface area (Å²) in [6.07, 6.45) is 41.8. The number of hydrogen-bond donors (Lipinski definition) is 0. The molecule has 0 saturated heterocycles. The van der Waals surface area contributed by atoms with Gasteiger partial charge in [0.15, 0.2) is 0 Å². The zero-order chi connectivity index (χ0) is 101. The van der Waals surface area contributed by atoms with Crippen LogP contribution in [0.4, 0.5) is 26.3 Å². The molecule has 18 aromatic rings. The van der Waals surface area contributed by atoms with E-state index in [1.54, 1.807) is 74.4 Å². The van der Waals surface area contributed by atoms with Crippen LogP contribution in [0.1, 0.15) is 177 Å². The zero-order valence-electron chi connectivity index (χ0n) is 83.4. The molecule has 18 aromatic heterocycles. The monoisotopic (exact) mass is 2730 g/mol. The fraction of sp³-hybridized carbons (Fsp3) is 0.290. The smallest absolute Gasteiger partial charge is 0.497 e. The number of rotatable bonds is 8. The molecule has 760 valence electrons. The van der Waals surface area contributed by atoms with Crippen LogP contribution in [0.2, 0.25) is 39.3 Å². The van der Waals surface area contributed by atoms with E-state index in [1.807, 2.05) is 128 Å². The number of aromatic nitrogens is 26. The van der Waals surface area contributed by atoms with Crippen molar-refractivity contribution >= 4 is 38.9 Å². The van der Waals surface area contributed by atoms with Gasteiger partial charge < -0.3 is 46.9 Å². The summed E-state index contributed by atoms with van der Waals surface area (Å²) in [7, 11) is -0.109. The Morgan fingerprint density at radius 3 is 0.884 bits per heavy atom. The maximum absolute atomic E-state index is 14.9. The van der Waals surface area contributed by atoms with Crippen molar-refractivity contribution < 1.29 is 120 Å². The first-order valence-electron chi connectivity index (χ1n) is 46.9. The third kappa shape index (κ3) is 21.3. The van der Waals surface area contributed by atoms with E-state index in [2.05, 4.69) is 198 Å². The Kier molecular flexibility index (Phi) is 31.4. The van der Waals surface area contributed by atoms with Crippen LogP contribution in [0.5, 0.6) is 11.5 Å². The van der Waals surface area contributed by atoms with Crippen LogP contribution in [0.25, 0.3) is 81.2 Å². The van der Waals surface area contributed by atoms with Gasteiger partial charge >= 0.3 is 96.1 Å². The number of halogens is 6. The summed E-state index contributed by atoms with van der Waals surface area (Å²) in [5.74, 6) is -9.00. The number of pyridine rings is 10. The molecule has 0 amide bonds. The van der Waals surface area contributed by atoms with Crippen molar-refractivity contribution in [2.75, 3.05) is 14.2 Å². The summed E-state index contributed by atoms with van der Waals surface area (Å²) < 4.78 is 111. The van der Waals surface area contributed by atoms with Crippen molar-refractivity contribution in [2.45, 2.75) is 187 Å². The number of nitrogens with zero attached hydrogens (tertiary/aromatic N) is 26. The standard InChI is InChI=1S/C33H26N8O2.C27H34N6Si2.C26H28N6.C21H12F6N6.4Pt/c1-33(2)27-15-25(42-3)17-29(36-27)40-19-23(31(38-40)21-7-11-34-12-8-21)5-6-24-20-41(30-18-26(43-4)16-28(33)37-30)39-32(24)22-9-13-35-14-10-22;1-27(2)21-11-9-13-23(28-21)32-17-19(25(30-32)34(3,4)5)15-16-20-18-33(31-26(20)35(6,7)8)24-14-10-12-22(27)29-24;1-5-20-18-10-7-11-19-17-32(30-21(19)6-2)25-15-9-13-23(28-25)26(3,4)22-12-8-14-24(27-22)31(16-18)29-20;1-19(2)13-5-3-7-15(28-13)32-9-11(17(22)30-32)20(24,25)21(26,27)12-10-33(31-18(12)23)16-8-4-6-14(19)29-16;;;;/h5-18H,1-4H3;9-14H,15-16H2,1-8H3;8-9,12-15H,5-7,10-11H2,1-4H3;3-8H,1-2H3;;;;/q4*-2;4*+2. The van der Waals surface area contributed by atoms with Crippen LogP contribution in [0.15, 0.2) is 183 Å². The summed E-state index contributed by atoms with van der Waals surface area (Å²) >= 11 is 0. The minimum Gasteiger partial charge on any atom is -0.497 e. The van der Waals surface area contributed by atoms with E-state index in [1.165, 1.54) is 57.2 Å². The molecular weight excluding hydrogens is 2630 g/mol. The van der Waals surface area contributed by atoms with E-state index in [0.29, 0.717) is 43.9 Å². The molecule has 0 N–H and O–H groups in total. The Bertz CT molecular complexity index is 7440. The van der Waals surface area contributed by atoms with Gasteiger partial charge in [0, 0.05) is 132 Å². The van der Waals surface area contributed by atoms with Crippen molar-refractivity contribution in [1.29, 1.82) is 0 Å². The van der Waals surface area contributed by atoms with Crippen LogP contribution in [-0.2, 0) is 156 Å². The quantitative estimate of drug-likeness (QED) is 0.0775. The second kappa shape index (κ2) is 42.5. The molecule has 0 radical (unpaired) electrons. The van der Waals surface area contributed by atoms with Crippen molar-refractivity contribution in [2.24, 2.45) is 0 Å². The molecule has 28 nitrogen and oxygen atoms in total. The predicted molar refractivity (Wildman–Crippen MR) is 530 cm³/mol. The van der Waals surface area contributed by atoms with Crippen molar-refractivity contribution in [3.8, 4) is 80.6 Å². The van der Waals surface area contributed by atoms with Gasteiger partial charge in [-0.25, -0.2) is 20.4 Å². The third-order valence-electron chi connectivity index (χ3n) is 25.9. The fourth-order valence-corrected chi connectivity index (χ4v) is 20.4. The maximum atomic E-state index is 14.9. The SMILES string of the molecule is CC1(C)c2cccc(n2)-n2[c-]c(c(F)n2)C(F)(F)C(F)(F)c2[c-]n(nc2F)-c2cccc1n2.CC1(C)c2cccc(n2)-n2[c-]c(c([Si](C)(C)C)n2)CCc2[c-]n(nc2[Si](C)(C)C)-c2cccc1n2.CCc1nn2[c-]c1CCCc1[c-]n(nc1CC)-c1cccc(n1)C(C)(C)c1cccc-2n1.COc1cc2nc(c1)C(C)(C)c1cc(OC)cc(n1)-n1[c-]c(c(-c3ccncc3)n1)C=Cc1[c-]n-2nc1-c1ccncc1.[Pt+2].[Pt+2].[Pt+2].[Pt+2]. The molecule has 0 spiro atoms. The average molecular weight is 2730 g/mol. The van der Waals surface area contributed by atoms with Gasteiger partial charge in [-0.3, -0.25) is 79.0 Å². The van der Waals surface area contributed by atoms with Gasteiger partial charge in [0.25, 0.3) is 0 Å². The molecule has 0 unspecified atom stereocenters. The first kappa shape index (κ1) is 108. The van der Waals surface area contributed by atoms with Crippen molar-refractivity contribution in [3.05, 3.63) is 345 Å². The number of alkyl halides is 4. The Hall–Kier alpha value is -12.7. The summed E-state index contributed by atoms with van der Waals surface area (Å²) in [4.78, 5) is 47.1. The van der Waals surface area contributed by atoms with E-state index in [-0.39, 0.29) is 95.9 Å². The zero-order valence-corrected chi connectivity index (χ0v) is 94.5. The maximum Gasteiger partial charge on any atom is 2.00 e. The van der Waals surface area contributed by atoms with Crippen LogP contribution >= 0.6 is 0 Å². The Morgan fingerprint density at radius 2 is 0.592 bits per heavy atom. The molecule has 32 bridgehead atoms. The fourth-order valence-electron chi connectivity index (χ4n) is 17.4. The minimum atomic E-state index is -5.24. The molecule has 0 aromatic carbocycles. The average Bonchev–Trinajstić information content (AvgIpc) is 1.59. The molecular formula is C107H100F6N26O2Pt4Si2. The Morgan fingerprint density at radius 1 is 0.320 bits per heavy atom. The molecule has 147 heavy (non-hydrogen) atoms. The Labute approximate surface area is 906 Å². The number of fused-ring (bicyclic) bond motifs is 40. The van der Waals surface area contributed by atoms with E-state index in [9.17, 15) is 26.3 Å². The number of aryl methyl sites for hydroxylation is 6. The molecule has 0 saturated carbocycles. The van der Waals surface area contributed by atoms with Gasteiger partial charge in [-0.1, -0.05) is 176 Å². The van der Waals surface area contributed by atoms with Gasteiger partial charge in [0.05, 0.1) is 60.8 Å². The largest absolute Gasteiger partial charge is 2.00 e. The van der Waals surface area contributed by atoms with E-state index in [0.717, 1.165) is 147 Å². The molecule has 4 aliphatic heterocycles. The molecule has 22 heterocycles. The molecule has 22 rings (SSSR count). The second-order valence-electron chi connectivity index (χ2n) is 39.4. The number of ether oxygens (including phenoxy) is 2. The molecule has 4 aliphatic rings. The topological polar surface area (TPSA) is 290 Å². The van der Waals surface area contributed by atoms with E-state index < -0.39 is 72.7 Å². The van der Waals surface area contributed by atoms with Crippen LogP contribution in [0, 0.1) is 61.5 Å². The van der Waals surface area contributed by atoms with Crippen molar-refractivity contribution in [3.63, 3.8) is 0 Å². The third-order valence-corrected chi connectivity index (χ3v) is 29.5. The van der Waals surface area contributed by atoms with E-state index >= 15 is 0 Å². The molecule has 0 aliphatic carbocycles. The van der Waals surface area contributed by atoms with E-state index in [4.69, 9.17) is 70.0 Å². The predicted octanol–water partition coefficient (Wildman–Crippen LogP) is 18.0. The van der Waals surface area contributed by atoms with Crippen LogP contribution < -0.4 is 20.1 Å². The Balaban J connectivity index is 0.000000147. The van der Waals surface area contributed by atoms with Gasteiger partial charge in [-0.2, -0.15) is 29.7 Å². The normalized spacial score (nSPS) is 14.8. The van der Waals surface area contributed by atoms with Gasteiger partial charge in [0.2, 0.25) is 0 Å². The first-order valence-corrected chi connectivity index (χ1v) is 53.9. The number of methoxy groups -OCH3 is 2. The molecule has 0 fully saturated rings. The first-order chi connectivity index (χ1) is 68.2. The summed E-state index contributed by atoms with van der Waals surface area (Å²) in [5.41, 5.74) is 11.6. The van der Waals surface area contributed by atoms with Gasteiger partial charge in [-0.05, 0) is 217 Å². The second-order valence-corrected chi connectivity index (χ2v) is 49.3. The summed E-state index contributed by atoms with van der Waals surface area (Å²) in [5, 5.41) is 38.5. The molecule has 0 atom stereocenters. The van der Waals surface area contributed by atoms with Gasteiger partial charge in [0.1, 0.15) is 23.4 Å².